The molecule has 10 heteroatoms. The minimum Gasteiger partial charge on any atom is -0.491 e. The molecule has 2 aromatic heterocycles. The van der Waals surface area contributed by atoms with Crippen LogP contribution in [0, 0.1) is 0 Å². The van der Waals surface area contributed by atoms with Gasteiger partial charge in [-0.2, -0.15) is 23.4 Å². The highest BCUT2D eigenvalue weighted by molar-refractivity contribution is 5.90. The molecule has 0 unspecified atom stereocenters. The Labute approximate surface area is 135 Å². The number of hydrogen-bond donors (Lipinski definition) is 2. The Balaban J connectivity index is 1.82. The molecule has 0 fully saturated rings. The van der Waals surface area contributed by atoms with Crippen LogP contribution in [0.4, 0.5) is 19.0 Å². The molecule has 1 aliphatic rings. The molecule has 0 aliphatic heterocycles. The lowest BCUT2D eigenvalue weighted by Crippen LogP contribution is -2.22. The van der Waals surface area contributed by atoms with Gasteiger partial charge in [-0.1, -0.05) is 0 Å². The summed E-state index contributed by atoms with van der Waals surface area (Å²) in [4.78, 5) is 12.1. The maximum absolute atomic E-state index is 13.1. The Kier molecular flexibility index (Phi) is 4.20. The van der Waals surface area contributed by atoms with E-state index < -0.39 is 17.8 Å². The van der Waals surface area contributed by atoms with Gasteiger partial charge in [0.05, 0.1) is 13.3 Å². The Morgan fingerprint density at radius 3 is 2.88 bits per heavy atom. The quantitative estimate of drug-likeness (QED) is 0.891. The lowest BCUT2D eigenvalue weighted by molar-refractivity contribution is -0.142. The third-order valence-electron chi connectivity index (χ3n) is 3.91. The van der Waals surface area contributed by atoms with Crippen LogP contribution in [0.5, 0.6) is 5.75 Å². The second kappa shape index (κ2) is 6.17. The van der Waals surface area contributed by atoms with E-state index in [0.717, 1.165) is 11.1 Å². The third-order valence-corrected chi connectivity index (χ3v) is 3.91. The van der Waals surface area contributed by atoms with Crippen molar-refractivity contribution in [3.8, 4) is 5.75 Å². The number of ether oxygens (including phenoxy) is 1. The smallest absolute Gasteiger partial charge is 0.435 e. The molecule has 0 aromatic carbocycles. The maximum Gasteiger partial charge on any atom is 0.435 e. The molecular weight excluding hydrogens is 327 g/mol. The molecule has 0 atom stereocenters. The Bertz CT molecular complexity index is 750. The molecule has 3 rings (SSSR count). The highest BCUT2D eigenvalue weighted by Crippen LogP contribution is 2.35. The van der Waals surface area contributed by atoms with Gasteiger partial charge >= 0.3 is 6.18 Å². The van der Waals surface area contributed by atoms with E-state index in [4.69, 9.17) is 4.74 Å². The van der Waals surface area contributed by atoms with Crippen LogP contribution in [0.15, 0.2) is 6.20 Å². The molecule has 1 amide bonds. The monoisotopic (exact) mass is 343 g/mol. The van der Waals surface area contributed by atoms with Crippen LogP contribution in [0.3, 0.4) is 0 Å². The lowest BCUT2D eigenvalue weighted by Gasteiger charge is -2.14. The normalized spacial score (nSPS) is 14.3. The molecule has 0 saturated carbocycles. The van der Waals surface area contributed by atoms with Gasteiger partial charge in [0.25, 0.3) is 0 Å². The second-order valence-electron chi connectivity index (χ2n) is 5.50. The van der Waals surface area contributed by atoms with E-state index >= 15 is 0 Å². The fraction of sp³-hybridized carbons (Fsp3) is 0.500. The molecule has 0 radical (unpaired) electrons. The number of hydrogen-bond acceptors (Lipinski definition) is 4. The first-order valence-electron chi connectivity index (χ1n) is 7.43. The van der Waals surface area contributed by atoms with Crippen LogP contribution in [0.1, 0.15) is 29.8 Å². The number of aromatic amines is 1. The van der Waals surface area contributed by atoms with Crippen LogP contribution in [-0.2, 0) is 30.4 Å². The number of methoxy groups -OCH3 is 1. The van der Waals surface area contributed by atoms with Crippen LogP contribution in [0.25, 0.3) is 0 Å². The molecule has 1 aliphatic carbocycles. The van der Waals surface area contributed by atoms with Crippen molar-refractivity contribution in [2.75, 3.05) is 12.4 Å². The molecule has 2 aromatic rings. The zero-order valence-electron chi connectivity index (χ0n) is 12.9. The summed E-state index contributed by atoms with van der Waals surface area (Å²) in [5.41, 5.74) is -0.190. The average Bonchev–Trinajstić information content (AvgIpc) is 3.11. The van der Waals surface area contributed by atoms with E-state index in [1.807, 2.05) is 0 Å². The second-order valence-corrected chi connectivity index (χ2v) is 5.50. The number of alkyl halides is 3. The van der Waals surface area contributed by atoms with Crippen molar-refractivity contribution in [1.82, 2.24) is 20.0 Å². The topological polar surface area (TPSA) is 84.8 Å². The van der Waals surface area contributed by atoms with E-state index in [2.05, 4.69) is 20.6 Å². The first kappa shape index (κ1) is 16.3. The number of nitrogens with one attached hydrogen (secondary N) is 2. The van der Waals surface area contributed by atoms with Crippen molar-refractivity contribution in [2.24, 2.45) is 0 Å². The number of anilines is 1. The minimum atomic E-state index is -4.52. The molecular formula is C14H16F3N5O2. The highest BCUT2D eigenvalue weighted by atomic mass is 19.4. The maximum atomic E-state index is 13.1. The van der Waals surface area contributed by atoms with Crippen molar-refractivity contribution in [3.63, 3.8) is 0 Å². The number of aromatic nitrogens is 4. The molecule has 2 N–H and O–H groups in total. The van der Waals surface area contributed by atoms with Crippen molar-refractivity contribution < 1.29 is 22.7 Å². The summed E-state index contributed by atoms with van der Waals surface area (Å²) in [6, 6.07) is 0. The molecule has 2 heterocycles. The molecule has 7 nitrogen and oxygen atoms in total. The summed E-state index contributed by atoms with van der Waals surface area (Å²) in [6.07, 6.45) is -0.840. The molecule has 24 heavy (non-hydrogen) atoms. The number of carbonyl (C=O) groups excluding carboxylic acids is 1. The molecule has 0 spiro atoms. The average molecular weight is 343 g/mol. The Hall–Kier alpha value is -2.52. The van der Waals surface area contributed by atoms with Crippen molar-refractivity contribution >= 4 is 11.7 Å². The van der Waals surface area contributed by atoms with E-state index in [9.17, 15) is 18.0 Å². The first-order valence-corrected chi connectivity index (χ1v) is 7.43. The van der Waals surface area contributed by atoms with E-state index in [0.29, 0.717) is 30.7 Å². The number of H-pyrrole nitrogens is 1. The third kappa shape index (κ3) is 3.08. The van der Waals surface area contributed by atoms with Crippen LogP contribution < -0.4 is 10.1 Å². The van der Waals surface area contributed by atoms with Gasteiger partial charge in [0, 0.05) is 11.3 Å². The SMILES string of the molecule is COc1cn[nH]c1NC(=O)Cn1nc(C(F)(F)F)c2c1CCCC2. The summed E-state index contributed by atoms with van der Waals surface area (Å²) >= 11 is 0. The summed E-state index contributed by atoms with van der Waals surface area (Å²) in [5.74, 6) is 0.0727. The summed E-state index contributed by atoms with van der Waals surface area (Å²) in [6.45, 7) is -0.305. The van der Waals surface area contributed by atoms with Gasteiger partial charge in [0.1, 0.15) is 6.54 Å². The first-order chi connectivity index (χ1) is 11.4. The molecule has 130 valence electrons. The van der Waals surface area contributed by atoms with E-state index in [1.165, 1.54) is 13.3 Å². The Morgan fingerprint density at radius 1 is 1.42 bits per heavy atom. The fourth-order valence-corrected chi connectivity index (χ4v) is 2.86. The summed E-state index contributed by atoms with van der Waals surface area (Å²) in [7, 11) is 1.42. The molecule has 0 bridgehead atoms. The van der Waals surface area contributed by atoms with Crippen molar-refractivity contribution in [3.05, 3.63) is 23.1 Å². The number of rotatable bonds is 4. The lowest BCUT2D eigenvalue weighted by atomic mass is 9.95. The number of nitrogens with zero attached hydrogens (tertiary/aromatic N) is 3. The van der Waals surface area contributed by atoms with Crippen LogP contribution in [0.2, 0.25) is 0 Å². The van der Waals surface area contributed by atoms with Crippen molar-refractivity contribution in [1.29, 1.82) is 0 Å². The van der Waals surface area contributed by atoms with Gasteiger partial charge in [0.2, 0.25) is 5.91 Å². The van der Waals surface area contributed by atoms with Gasteiger partial charge in [-0.05, 0) is 25.7 Å². The zero-order valence-corrected chi connectivity index (χ0v) is 12.9. The van der Waals surface area contributed by atoms with Gasteiger partial charge in [0.15, 0.2) is 17.3 Å². The highest BCUT2D eigenvalue weighted by Gasteiger charge is 2.39. The predicted octanol–water partition coefficient (Wildman–Crippen LogP) is 2.15. The summed E-state index contributed by atoms with van der Waals surface area (Å²) < 4.78 is 45.5. The van der Waals surface area contributed by atoms with Gasteiger partial charge in [-0.3, -0.25) is 14.6 Å². The number of carbonyl (C=O) groups is 1. The van der Waals surface area contributed by atoms with Gasteiger partial charge in [-0.15, -0.1) is 0 Å². The number of halogens is 3. The van der Waals surface area contributed by atoms with Crippen LogP contribution in [-0.4, -0.2) is 33.0 Å². The Morgan fingerprint density at radius 2 is 2.17 bits per heavy atom. The van der Waals surface area contributed by atoms with Gasteiger partial charge in [-0.25, -0.2) is 0 Å². The largest absolute Gasteiger partial charge is 0.491 e. The standard InChI is InChI=1S/C14H16F3N5O2/c1-24-10-6-18-20-13(10)19-11(23)7-22-9-5-3-2-4-8(9)12(21-22)14(15,16)17/h6H,2-5,7H2,1H3,(H2,18,19,20,23). The minimum absolute atomic E-state index is 0.209. The van der Waals surface area contributed by atoms with E-state index in [1.54, 1.807) is 0 Å². The summed E-state index contributed by atoms with van der Waals surface area (Å²) in [5, 5.41) is 12.4. The van der Waals surface area contributed by atoms with Crippen LogP contribution >= 0.6 is 0 Å². The number of fused-ring (bicyclic) bond motifs is 1. The fourth-order valence-electron chi connectivity index (χ4n) is 2.86. The number of amides is 1. The van der Waals surface area contributed by atoms with Crippen molar-refractivity contribution in [2.45, 2.75) is 38.4 Å². The van der Waals surface area contributed by atoms with E-state index in [-0.39, 0.29) is 17.9 Å². The van der Waals surface area contributed by atoms with Gasteiger partial charge < -0.3 is 10.1 Å². The predicted molar refractivity (Wildman–Crippen MR) is 77.6 cm³/mol. The molecule has 0 saturated heterocycles. The zero-order chi connectivity index (χ0) is 17.3.